The molecule has 1 N–H and O–H groups in total. The number of carbonyl (C=O) groups excluding carboxylic acids is 1. The van der Waals surface area contributed by atoms with E-state index >= 15 is 0 Å². The van der Waals surface area contributed by atoms with Crippen LogP contribution in [0, 0.1) is 18.8 Å². The Morgan fingerprint density at radius 3 is 2.30 bits per heavy atom. The molecular weight excluding hydrogens is 539 g/mol. The summed E-state index contributed by atoms with van der Waals surface area (Å²) in [5.41, 5.74) is -0.180. The zero-order valence-electron chi connectivity index (χ0n) is 24.2. The maximum Gasteiger partial charge on any atom is 0.417 e. The summed E-state index contributed by atoms with van der Waals surface area (Å²) in [7, 11) is -4.44. The Bertz CT molecular complexity index is 1340. The van der Waals surface area contributed by atoms with Crippen LogP contribution in [-0.4, -0.2) is 42.4 Å². The van der Waals surface area contributed by atoms with Crippen molar-refractivity contribution in [1.29, 1.82) is 0 Å². The van der Waals surface area contributed by atoms with Crippen molar-refractivity contribution in [3.8, 4) is 11.3 Å². The number of sulfonamides is 1. The lowest BCUT2D eigenvalue weighted by Gasteiger charge is -2.31. The van der Waals surface area contributed by atoms with Gasteiger partial charge in [0.25, 0.3) is 5.91 Å². The highest BCUT2D eigenvalue weighted by Gasteiger charge is 2.39. The smallest absolute Gasteiger partial charge is 0.344 e. The molecule has 0 spiro atoms. The second kappa shape index (κ2) is 11.5. The molecule has 6 nitrogen and oxygen atoms in total. The van der Waals surface area contributed by atoms with Gasteiger partial charge in [0.15, 0.2) is 0 Å². The van der Waals surface area contributed by atoms with E-state index in [9.17, 15) is 26.4 Å². The number of amides is 1. The Morgan fingerprint density at radius 2 is 1.70 bits per heavy atom. The van der Waals surface area contributed by atoms with Crippen molar-refractivity contribution in [3.63, 3.8) is 0 Å². The molecular formula is C30H42F3N3O3S. The first-order valence-corrected chi connectivity index (χ1v) is 15.8. The van der Waals surface area contributed by atoms with Gasteiger partial charge in [-0.25, -0.2) is 13.1 Å². The molecule has 1 unspecified atom stereocenters. The summed E-state index contributed by atoms with van der Waals surface area (Å²) in [5, 5.41) is 0. The van der Waals surface area contributed by atoms with E-state index in [0.717, 1.165) is 56.4 Å². The fourth-order valence-electron chi connectivity index (χ4n) is 6.11. The molecule has 1 amide bonds. The van der Waals surface area contributed by atoms with Crippen molar-refractivity contribution in [3.05, 3.63) is 41.1 Å². The van der Waals surface area contributed by atoms with Crippen molar-refractivity contribution in [2.45, 2.75) is 103 Å². The van der Waals surface area contributed by atoms with E-state index < -0.39 is 32.2 Å². The number of rotatable bonds is 6. The lowest BCUT2D eigenvalue weighted by Crippen LogP contribution is -2.41. The Hall–Kier alpha value is -2.33. The first-order chi connectivity index (χ1) is 18.6. The Kier molecular flexibility index (Phi) is 8.81. The van der Waals surface area contributed by atoms with E-state index in [-0.39, 0.29) is 11.5 Å². The molecule has 40 heavy (non-hydrogen) atoms. The number of carbonyl (C=O) groups is 1. The molecule has 2 aliphatic rings. The van der Waals surface area contributed by atoms with Crippen LogP contribution in [0.4, 0.5) is 13.2 Å². The van der Waals surface area contributed by atoms with Gasteiger partial charge in [-0.2, -0.15) is 13.2 Å². The van der Waals surface area contributed by atoms with Crippen molar-refractivity contribution in [1.82, 2.24) is 14.2 Å². The zero-order valence-corrected chi connectivity index (χ0v) is 25.0. The van der Waals surface area contributed by atoms with Crippen LogP contribution in [0.2, 0.25) is 0 Å². The lowest BCUT2D eigenvalue weighted by atomic mass is 9.89. The van der Waals surface area contributed by atoms with E-state index in [1.165, 1.54) is 12.5 Å². The normalized spacial score (nSPS) is 19.7. The molecule has 0 bridgehead atoms. The predicted molar refractivity (Wildman–Crippen MR) is 151 cm³/mol. The number of benzene rings is 1. The van der Waals surface area contributed by atoms with Crippen LogP contribution in [0.15, 0.2) is 29.2 Å². The molecule has 1 aliphatic carbocycles. The highest BCUT2D eigenvalue weighted by molar-refractivity contribution is 7.89. The number of aromatic nitrogens is 1. The van der Waals surface area contributed by atoms with Crippen molar-refractivity contribution >= 4 is 15.9 Å². The van der Waals surface area contributed by atoms with Gasteiger partial charge >= 0.3 is 6.18 Å². The van der Waals surface area contributed by atoms with E-state index in [1.807, 2.05) is 16.4 Å². The molecule has 10 heteroatoms. The number of halogens is 3. The number of piperidine rings is 1. The Balaban J connectivity index is 1.83. The molecule has 1 atom stereocenters. The van der Waals surface area contributed by atoms with Crippen LogP contribution in [0.1, 0.15) is 94.3 Å². The third-order valence-electron chi connectivity index (χ3n) is 8.02. The van der Waals surface area contributed by atoms with E-state index in [4.69, 9.17) is 0 Å². The standard InChI is InChI=1S/C30H42F3N3O3S/c1-20-10-9-15-35(18-20)28(37)24-17-26(36(21(24)2)19-22-11-7-6-8-12-22)23-13-14-27(25(16-23)30(31,32)33)40(38,39)34-29(3,4)5/h13-14,16-17,20,22,34H,6-12,15,18-19H2,1-5H3. The number of hydrogen-bond acceptors (Lipinski definition) is 3. The molecule has 1 saturated carbocycles. The second-order valence-corrected chi connectivity index (χ2v) is 14.4. The van der Waals surface area contributed by atoms with Gasteiger partial charge in [-0.15, -0.1) is 0 Å². The van der Waals surface area contributed by atoms with Crippen molar-refractivity contribution < 1.29 is 26.4 Å². The van der Waals surface area contributed by atoms with Crippen molar-refractivity contribution in [2.24, 2.45) is 11.8 Å². The second-order valence-electron chi connectivity index (χ2n) is 12.7. The fourth-order valence-corrected chi connectivity index (χ4v) is 7.74. The molecule has 2 heterocycles. The van der Waals surface area contributed by atoms with E-state index in [2.05, 4.69) is 11.6 Å². The minimum atomic E-state index is -4.89. The lowest BCUT2D eigenvalue weighted by molar-refractivity contribution is -0.139. The van der Waals surface area contributed by atoms with Crippen LogP contribution < -0.4 is 4.72 Å². The van der Waals surface area contributed by atoms with Gasteiger partial charge in [-0.05, 0) is 89.0 Å². The fraction of sp³-hybridized carbons (Fsp3) is 0.633. The monoisotopic (exact) mass is 581 g/mol. The van der Waals surface area contributed by atoms with Crippen LogP contribution in [0.3, 0.4) is 0 Å². The summed E-state index contributed by atoms with van der Waals surface area (Å²) in [6.07, 6.45) is 2.58. The average molecular weight is 582 g/mol. The quantitative estimate of drug-likeness (QED) is 0.399. The minimum Gasteiger partial charge on any atom is -0.344 e. The first-order valence-electron chi connectivity index (χ1n) is 14.3. The molecule has 2 fully saturated rings. The van der Waals surface area contributed by atoms with Gasteiger partial charge in [-0.1, -0.05) is 32.3 Å². The molecule has 1 aliphatic heterocycles. The highest BCUT2D eigenvalue weighted by Crippen LogP contribution is 2.39. The summed E-state index contributed by atoms with van der Waals surface area (Å²) >= 11 is 0. The van der Waals surface area contributed by atoms with Crippen molar-refractivity contribution in [2.75, 3.05) is 13.1 Å². The summed E-state index contributed by atoms with van der Waals surface area (Å²) in [4.78, 5) is 14.7. The largest absolute Gasteiger partial charge is 0.417 e. The van der Waals surface area contributed by atoms with Crippen LogP contribution in [-0.2, 0) is 22.7 Å². The molecule has 0 radical (unpaired) electrons. The van der Waals surface area contributed by atoms with Gasteiger partial charge in [0.05, 0.1) is 16.0 Å². The molecule has 2 aromatic rings. The summed E-state index contributed by atoms with van der Waals surface area (Å²) in [6.45, 7) is 10.7. The topological polar surface area (TPSA) is 71.4 Å². The van der Waals surface area contributed by atoms with Gasteiger partial charge in [0.1, 0.15) is 0 Å². The minimum absolute atomic E-state index is 0.0997. The van der Waals surface area contributed by atoms with Gasteiger partial charge in [0.2, 0.25) is 10.0 Å². The zero-order chi connectivity index (χ0) is 29.5. The maximum absolute atomic E-state index is 14.3. The first kappa shape index (κ1) is 30.6. The number of nitrogens with one attached hydrogen (secondary N) is 1. The number of likely N-dealkylation sites (tertiary alicyclic amines) is 1. The highest BCUT2D eigenvalue weighted by atomic mass is 32.2. The maximum atomic E-state index is 14.3. The average Bonchev–Trinajstić information content (AvgIpc) is 3.17. The summed E-state index contributed by atoms with van der Waals surface area (Å²) < 4.78 is 73.2. The Labute approximate surface area is 236 Å². The third kappa shape index (κ3) is 6.93. The molecule has 222 valence electrons. The van der Waals surface area contributed by atoms with Crippen LogP contribution in [0.25, 0.3) is 11.3 Å². The number of alkyl halides is 3. The summed E-state index contributed by atoms with van der Waals surface area (Å²) in [5.74, 6) is 0.666. The number of nitrogens with zero attached hydrogens (tertiary/aromatic N) is 2. The molecule has 1 saturated heterocycles. The van der Waals surface area contributed by atoms with Gasteiger partial charge in [0, 0.05) is 36.6 Å². The van der Waals surface area contributed by atoms with Crippen LogP contribution >= 0.6 is 0 Å². The Morgan fingerprint density at radius 1 is 1.02 bits per heavy atom. The predicted octanol–water partition coefficient (Wildman–Crippen LogP) is 7.01. The van der Waals surface area contributed by atoms with Gasteiger partial charge in [-0.3, -0.25) is 4.79 Å². The van der Waals surface area contributed by atoms with Crippen LogP contribution in [0.5, 0.6) is 0 Å². The molecule has 1 aromatic heterocycles. The van der Waals surface area contributed by atoms with E-state index in [0.29, 0.717) is 42.7 Å². The van der Waals surface area contributed by atoms with E-state index in [1.54, 1.807) is 26.8 Å². The van der Waals surface area contributed by atoms with Gasteiger partial charge < -0.3 is 9.47 Å². The third-order valence-corrected chi connectivity index (χ3v) is 9.83. The molecule has 1 aromatic carbocycles. The summed E-state index contributed by atoms with van der Waals surface area (Å²) in [6, 6.07) is 5.08. The molecule has 4 rings (SSSR count). The number of hydrogen-bond donors (Lipinski definition) is 1. The SMILES string of the molecule is Cc1c(C(=O)N2CCCC(C)C2)cc(-c2ccc(S(=O)(=O)NC(C)(C)C)c(C(F)(F)F)c2)n1CC1CCCCC1.